The normalized spacial score (nSPS) is 16.4. The molecule has 0 bridgehead atoms. The van der Waals surface area contributed by atoms with E-state index in [9.17, 15) is 0 Å². The van der Waals surface area contributed by atoms with E-state index in [1.54, 1.807) is 0 Å². The van der Waals surface area contributed by atoms with Gasteiger partial charge in [0.05, 0.1) is 22.4 Å². The number of allylic oxidation sites excluding steroid dienone is 3. The Morgan fingerprint density at radius 1 is 0.492 bits per heavy atom. The number of fused-ring (bicyclic) bond motifs is 8. The summed E-state index contributed by atoms with van der Waals surface area (Å²) in [6, 6.07) is 80.5. The zero-order chi connectivity index (χ0) is 42.1. The molecule has 9 aromatic carbocycles. The molecule has 0 amide bonds. The van der Waals surface area contributed by atoms with Crippen molar-refractivity contribution in [2.45, 2.75) is 18.3 Å². The van der Waals surface area contributed by atoms with E-state index in [0.717, 1.165) is 17.1 Å². The second kappa shape index (κ2) is 14.6. The van der Waals surface area contributed by atoms with Gasteiger partial charge in [-0.15, -0.1) is 0 Å². The molecular weight excluding hydrogens is 761 g/mol. The molecule has 63 heavy (non-hydrogen) atoms. The molecule has 2 atom stereocenters. The van der Waals surface area contributed by atoms with Gasteiger partial charge in [-0.3, -0.25) is 0 Å². The van der Waals surface area contributed by atoms with Gasteiger partial charge < -0.3 is 9.47 Å². The number of benzene rings is 9. The second-order valence-corrected chi connectivity index (χ2v) is 17.0. The smallest absolute Gasteiger partial charge is 0.0541 e. The van der Waals surface area contributed by atoms with Crippen molar-refractivity contribution >= 4 is 44.4 Å². The Kier molecular flexibility index (Phi) is 8.55. The zero-order valence-corrected chi connectivity index (χ0v) is 35.1. The van der Waals surface area contributed by atoms with E-state index in [0.29, 0.717) is 0 Å². The molecule has 2 unspecified atom stereocenters. The second-order valence-electron chi connectivity index (χ2n) is 17.0. The predicted molar refractivity (Wildman–Crippen MR) is 265 cm³/mol. The van der Waals surface area contributed by atoms with Crippen molar-refractivity contribution < 1.29 is 0 Å². The summed E-state index contributed by atoms with van der Waals surface area (Å²) in [5.74, 6) is -0.0872. The molecule has 0 fully saturated rings. The number of anilines is 3. The molecule has 2 aliphatic rings. The van der Waals surface area contributed by atoms with Crippen LogP contribution in [-0.2, 0) is 5.41 Å². The van der Waals surface area contributed by atoms with Crippen molar-refractivity contribution in [1.29, 1.82) is 0 Å². The van der Waals surface area contributed by atoms with Crippen molar-refractivity contribution in [3.8, 4) is 27.9 Å². The molecule has 0 saturated carbocycles. The largest absolute Gasteiger partial charge is 0.310 e. The maximum Gasteiger partial charge on any atom is 0.0541 e. The van der Waals surface area contributed by atoms with Gasteiger partial charge in [-0.05, 0) is 111 Å². The summed E-state index contributed by atoms with van der Waals surface area (Å²) in [5, 5.41) is 2.50. The van der Waals surface area contributed by atoms with E-state index >= 15 is 0 Å². The molecule has 298 valence electrons. The molecule has 1 aromatic heterocycles. The first kappa shape index (κ1) is 36.9. The summed E-state index contributed by atoms with van der Waals surface area (Å²) >= 11 is 0. The number of nitrogens with zero attached hydrogens (tertiary/aromatic N) is 2. The Labute approximate surface area is 369 Å². The monoisotopic (exact) mass is 804 g/mol. The summed E-state index contributed by atoms with van der Waals surface area (Å²) in [6.07, 6.45) is 4.20. The maximum atomic E-state index is 4.30. The lowest BCUT2D eigenvalue weighted by molar-refractivity contribution is 0.714. The molecule has 0 radical (unpaired) electrons. The van der Waals surface area contributed by atoms with Crippen LogP contribution >= 0.6 is 0 Å². The molecule has 1 aliphatic heterocycles. The van der Waals surface area contributed by atoms with Crippen LogP contribution in [0.25, 0.3) is 55.3 Å². The lowest BCUT2D eigenvalue weighted by atomic mass is 9.74. The predicted octanol–water partition coefficient (Wildman–Crippen LogP) is 16.0. The van der Waals surface area contributed by atoms with Crippen molar-refractivity contribution in [1.82, 2.24) is 4.57 Å². The third-order valence-corrected chi connectivity index (χ3v) is 13.7. The van der Waals surface area contributed by atoms with E-state index < -0.39 is 0 Å². The number of para-hydroxylation sites is 3. The Bertz CT molecular complexity index is 3390. The van der Waals surface area contributed by atoms with Crippen LogP contribution in [0.15, 0.2) is 237 Å². The van der Waals surface area contributed by atoms with Crippen LogP contribution in [-0.4, -0.2) is 4.57 Å². The SMILES string of the molecule is C=C/C=C(/c1ccccc1-c1ccccc1)C1c2ccccc2N(c2ccc3c(c2)C(C)(c2ccccc2)c2ccccc2-3)c2cc(-n3c4ccccc4c4ccccc43)ccc21. The number of rotatable bonds is 7. The fraction of sp³-hybridized carbons (Fsp3) is 0.0492. The third-order valence-electron chi connectivity index (χ3n) is 13.7. The molecule has 1 aliphatic carbocycles. The molecular formula is C61H44N2. The van der Waals surface area contributed by atoms with Crippen molar-refractivity contribution in [2.75, 3.05) is 4.90 Å². The number of aromatic nitrogens is 1. The quantitative estimate of drug-likeness (QED) is 0.146. The highest BCUT2D eigenvalue weighted by molar-refractivity contribution is 6.09. The summed E-state index contributed by atoms with van der Waals surface area (Å²) in [6.45, 7) is 6.71. The molecule has 12 rings (SSSR count). The van der Waals surface area contributed by atoms with Gasteiger partial charge in [0, 0.05) is 33.5 Å². The van der Waals surface area contributed by atoms with Crippen molar-refractivity contribution in [3.05, 3.63) is 271 Å². The molecule has 0 spiro atoms. The van der Waals surface area contributed by atoms with Gasteiger partial charge >= 0.3 is 0 Å². The summed E-state index contributed by atoms with van der Waals surface area (Å²) in [7, 11) is 0. The maximum absolute atomic E-state index is 4.30. The van der Waals surface area contributed by atoms with Crippen LogP contribution in [0.4, 0.5) is 17.1 Å². The van der Waals surface area contributed by atoms with Gasteiger partial charge in [-0.2, -0.15) is 0 Å². The van der Waals surface area contributed by atoms with E-state index in [1.807, 2.05) is 6.08 Å². The Morgan fingerprint density at radius 3 is 1.84 bits per heavy atom. The highest BCUT2D eigenvalue weighted by Crippen LogP contribution is 2.58. The average molecular weight is 805 g/mol. The average Bonchev–Trinajstić information content (AvgIpc) is 3.82. The van der Waals surface area contributed by atoms with E-state index in [4.69, 9.17) is 0 Å². The highest BCUT2D eigenvalue weighted by Gasteiger charge is 2.42. The van der Waals surface area contributed by atoms with Gasteiger partial charge in [-0.1, -0.05) is 195 Å². The summed E-state index contributed by atoms with van der Waals surface area (Å²) in [4.78, 5) is 2.53. The third kappa shape index (κ3) is 5.58. The van der Waals surface area contributed by atoms with E-state index in [1.165, 1.54) is 88.7 Å². The van der Waals surface area contributed by atoms with Crippen LogP contribution in [0, 0.1) is 0 Å². The Morgan fingerprint density at radius 2 is 1.08 bits per heavy atom. The van der Waals surface area contributed by atoms with Gasteiger partial charge in [-0.25, -0.2) is 0 Å². The van der Waals surface area contributed by atoms with Crippen molar-refractivity contribution in [2.24, 2.45) is 0 Å². The molecule has 2 heteroatoms. The van der Waals surface area contributed by atoms with Crippen LogP contribution < -0.4 is 4.90 Å². The fourth-order valence-corrected chi connectivity index (χ4v) is 10.9. The molecule has 10 aromatic rings. The zero-order valence-electron chi connectivity index (χ0n) is 35.1. The first-order valence-corrected chi connectivity index (χ1v) is 21.9. The fourth-order valence-electron chi connectivity index (χ4n) is 10.9. The summed E-state index contributed by atoms with van der Waals surface area (Å²) in [5.41, 5.74) is 20.4. The minimum Gasteiger partial charge on any atom is -0.310 e. The topological polar surface area (TPSA) is 8.17 Å². The standard InChI is InChI=1S/C61H44N2/c1-3-20-51(46-26-11-10-25-45(46)41-21-6-4-7-22-41)60-52-30-15-19-34-58(52)63(43-35-37-48-47-27-12-16-31-54(47)61(2,55(48)39-43)42-23-8-5-9-24-42)59-40-44(36-38-53(59)60)62-56-32-17-13-28-49(56)50-29-14-18-33-57(50)62/h3-40,60H,1H2,2H3/b51-20-. The molecule has 0 saturated heterocycles. The first-order chi connectivity index (χ1) is 31.1. The summed E-state index contributed by atoms with van der Waals surface area (Å²) < 4.78 is 2.44. The first-order valence-electron chi connectivity index (χ1n) is 21.9. The van der Waals surface area contributed by atoms with Crippen molar-refractivity contribution in [3.63, 3.8) is 0 Å². The Hall–Kier alpha value is -7.94. The molecule has 0 N–H and O–H groups in total. The van der Waals surface area contributed by atoms with Crippen LogP contribution in [0.3, 0.4) is 0 Å². The molecule has 2 nitrogen and oxygen atoms in total. The lowest BCUT2D eigenvalue weighted by Crippen LogP contribution is -2.25. The minimum absolute atomic E-state index is 0.0872. The number of hydrogen-bond acceptors (Lipinski definition) is 1. The minimum atomic E-state index is -0.338. The van der Waals surface area contributed by atoms with Gasteiger partial charge in [0.1, 0.15) is 0 Å². The lowest BCUT2D eigenvalue weighted by Gasteiger charge is -2.40. The highest BCUT2D eigenvalue weighted by atomic mass is 15.2. The van der Waals surface area contributed by atoms with Gasteiger partial charge in [0.2, 0.25) is 0 Å². The Balaban J connectivity index is 1.13. The molecule has 2 heterocycles. The van der Waals surface area contributed by atoms with Gasteiger partial charge in [0.25, 0.3) is 0 Å². The number of hydrogen-bond donors (Lipinski definition) is 0. The van der Waals surface area contributed by atoms with E-state index in [-0.39, 0.29) is 11.3 Å². The van der Waals surface area contributed by atoms with Crippen LogP contribution in [0.5, 0.6) is 0 Å². The van der Waals surface area contributed by atoms with Gasteiger partial charge in [0.15, 0.2) is 0 Å². The van der Waals surface area contributed by atoms with E-state index in [2.05, 4.69) is 247 Å². The van der Waals surface area contributed by atoms with Crippen LogP contribution in [0.2, 0.25) is 0 Å². The van der Waals surface area contributed by atoms with Crippen LogP contribution in [0.1, 0.15) is 46.2 Å².